The number of anilines is 2. The summed E-state index contributed by atoms with van der Waals surface area (Å²) in [5.74, 6) is 0.956. The number of benzene rings is 2. The van der Waals surface area contributed by atoms with Gasteiger partial charge in [-0.25, -0.2) is 10.4 Å². The van der Waals surface area contributed by atoms with Crippen LogP contribution in [0.1, 0.15) is 29.5 Å². The number of aromatic amines is 1. The number of hydrogen-bond acceptors (Lipinski definition) is 5. The molecule has 0 saturated heterocycles. The molecular weight excluding hydrogens is 326 g/mol. The summed E-state index contributed by atoms with van der Waals surface area (Å²) in [6.07, 6.45) is 5.95. The van der Waals surface area contributed by atoms with Crippen LogP contribution in [-0.4, -0.2) is 34.4 Å². The maximum absolute atomic E-state index is 10.7. The van der Waals surface area contributed by atoms with Gasteiger partial charge in [0.15, 0.2) is 0 Å². The van der Waals surface area contributed by atoms with E-state index in [0.717, 1.165) is 54.5 Å². The maximum Gasteiger partial charge on any atom is 0.222 e. The van der Waals surface area contributed by atoms with Crippen LogP contribution in [0.2, 0.25) is 0 Å². The van der Waals surface area contributed by atoms with Gasteiger partial charge in [-0.3, -0.25) is 0 Å². The Balaban J connectivity index is 1.44. The number of nitrogens with zero attached hydrogens (tertiary/aromatic N) is 3. The van der Waals surface area contributed by atoms with E-state index in [-0.39, 0.29) is 0 Å². The molecule has 0 saturated carbocycles. The Morgan fingerprint density at radius 3 is 2.92 bits per heavy atom. The van der Waals surface area contributed by atoms with Crippen molar-refractivity contribution in [2.24, 2.45) is 5.10 Å². The minimum atomic E-state index is 0.366. The molecule has 1 aromatic heterocycles. The molecule has 6 heteroatoms. The van der Waals surface area contributed by atoms with Crippen molar-refractivity contribution >= 4 is 28.9 Å². The highest BCUT2D eigenvalue weighted by Gasteiger charge is 2.27. The van der Waals surface area contributed by atoms with Gasteiger partial charge in [0.05, 0.1) is 17.2 Å². The topological polar surface area (TPSA) is 76.5 Å². The van der Waals surface area contributed by atoms with E-state index in [1.807, 2.05) is 24.3 Å². The van der Waals surface area contributed by atoms with Crippen LogP contribution in [-0.2, 0) is 12.8 Å². The van der Waals surface area contributed by atoms with Crippen molar-refractivity contribution in [1.82, 2.24) is 9.97 Å². The molecule has 2 aliphatic rings. The molecule has 0 bridgehead atoms. The summed E-state index contributed by atoms with van der Waals surface area (Å²) in [5, 5.41) is 15.0. The Morgan fingerprint density at radius 2 is 2.04 bits per heavy atom. The molecule has 0 aliphatic carbocycles. The highest BCUT2D eigenvalue weighted by Crippen LogP contribution is 2.41. The lowest BCUT2D eigenvalue weighted by atomic mass is 9.89. The van der Waals surface area contributed by atoms with Gasteiger partial charge in [0.25, 0.3) is 0 Å². The number of H-pyrrole nitrogens is 1. The minimum Gasteiger partial charge on any atom is -0.507 e. The third kappa shape index (κ3) is 2.49. The van der Waals surface area contributed by atoms with Crippen molar-refractivity contribution in [3.8, 4) is 5.75 Å². The van der Waals surface area contributed by atoms with Gasteiger partial charge in [-0.2, -0.15) is 5.10 Å². The molecule has 0 fully saturated rings. The summed E-state index contributed by atoms with van der Waals surface area (Å²) in [5.41, 5.74) is 9.24. The van der Waals surface area contributed by atoms with Crippen LogP contribution in [0.5, 0.6) is 5.75 Å². The van der Waals surface area contributed by atoms with Crippen molar-refractivity contribution in [3.63, 3.8) is 0 Å². The van der Waals surface area contributed by atoms with E-state index < -0.39 is 0 Å². The number of fused-ring (bicyclic) bond motifs is 1. The summed E-state index contributed by atoms with van der Waals surface area (Å²) in [6, 6.07) is 9.93. The van der Waals surface area contributed by atoms with Gasteiger partial charge in [-0.15, -0.1) is 0 Å². The molecule has 3 N–H and O–H groups in total. The zero-order valence-electron chi connectivity index (χ0n) is 14.5. The largest absolute Gasteiger partial charge is 0.507 e. The van der Waals surface area contributed by atoms with Crippen LogP contribution in [0.4, 0.5) is 11.6 Å². The number of aryl methyl sites for hydroxylation is 1. The molecule has 2 aromatic carbocycles. The molecule has 2 aliphatic heterocycles. The number of rotatable bonds is 3. The van der Waals surface area contributed by atoms with Gasteiger partial charge in [0.2, 0.25) is 5.95 Å². The number of aromatic hydroxyl groups is 1. The fourth-order valence-electron chi connectivity index (χ4n) is 4.14. The number of phenolic OH excluding ortho intramolecular Hbond substituents is 1. The van der Waals surface area contributed by atoms with Gasteiger partial charge in [-0.05, 0) is 49.4 Å². The first-order chi connectivity index (χ1) is 12.8. The predicted octanol–water partition coefficient (Wildman–Crippen LogP) is 3.41. The third-order valence-electron chi connectivity index (χ3n) is 5.29. The van der Waals surface area contributed by atoms with E-state index in [4.69, 9.17) is 0 Å². The van der Waals surface area contributed by atoms with Crippen LogP contribution in [0.25, 0.3) is 11.0 Å². The minimum absolute atomic E-state index is 0.366. The van der Waals surface area contributed by atoms with Gasteiger partial charge < -0.3 is 15.0 Å². The highest BCUT2D eigenvalue weighted by atomic mass is 16.3. The number of nitrogens with one attached hydrogen (secondary N) is 2. The molecule has 0 atom stereocenters. The van der Waals surface area contributed by atoms with E-state index in [1.54, 1.807) is 6.21 Å². The van der Waals surface area contributed by atoms with Gasteiger partial charge in [-0.1, -0.05) is 12.1 Å². The van der Waals surface area contributed by atoms with Crippen LogP contribution >= 0.6 is 0 Å². The molecule has 0 spiro atoms. The van der Waals surface area contributed by atoms with Crippen molar-refractivity contribution in [2.75, 3.05) is 23.4 Å². The average molecular weight is 347 g/mol. The Hall–Kier alpha value is -3.02. The molecule has 6 nitrogen and oxygen atoms in total. The highest BCUT2D eigenvalue weighted by molar-refractivity contribution is 5.88. The molecule has 0 amide bonds. The fraction of sp³-hybridized carbons (Fsp3) is 0.300. The number of aromatic nitrogens is 2. The smallest absolute Gasteiger partial charge is 0.222 e. The quantitative estimate of drug-likeness (QED) is 0.501. The normalized spacial score (nSPS) is 16.2. The summed E-state index contributed by atoms with van der Waals surface area (Å²) in [7, 11) is 0. The molecule has 132 valence electrons. The van der Waals surface area contributed by atoms with E-state index in [9.17, 15) is 5.11 Å². The second kappa shape index (κ2) is 6.05. The number of para-hydroxylation sites is 2. The first-order valence-corrected chi connectivity index (χ1v) is 9.16. The Kier molecular flexibility index (Phi) is 3.55. The molecule has 0 unspecified atom stereocenters. The zero-order valence-corrected chi connectivity index (χ0v) is 14.5. The lowest BCUT2D eigenvalue weighted by molar-refractivity contribution is 0.461. The molecule has 26 heavy (non-hydrogen) atoms. The van der Waals surface area contributed by atoms with E-state index in [1.165, 1.54) is 17.7 Å². The molecular formula is C20H21N5O. The van der Waals surface area contributed by atoms with Crippen LogP contribution in [0, 0.1) is 0 Å². The average Bonchev–Trinajstić information content (AvgIpc) is 3.08. The Morgan fingerprint density at radius 1 is 1.19 bits per heavy atom. The van der Waals surface area contributed by atoms with Crippen molar-refractivity contribution in [2.45, 2.75) is 25.7 Å². The Labute approximate surface area is 151 Å². The van der Waals surface area contributed by atoms with Crippen molar-refractivity contribution < 1.29 is 5.11 Å². The van der Waals surface area contributed by atoms with E-state index >= 15 is 0 Å². The number of phenols is 1. The third-order valence-corrected chi connectivity index (χ3v) is 5.29. The van der Waals surface area contributed by atoms with Crippen LogP contribution < -0.4 is 10.3 Å². The Bertz CT molecular complexity index is 972. The zero-order chi connectivity index (χ0) is 17.5. The lowest BCUT2D eigenvalue weighted by Gasteiger charge is -2.37. The summed E-state index contributed by atoms with van der Waals surface area (Å²) in [6.45, 7) is 2.20. The number of imidazole rings is 1. The second-order valence-electron chi connectivity index (χ2n) is 6.97. The number of hydrogen-bond donors (Lipinski definition) is 3. The lowest BCUT2D eigenvalue weighted by Crippen LogP contribution is -2.34. The molecule has 0 radical (unpaired) electrons. The first kappa shape index (κ1) is 15.3. The monoisotopic (exact) mass is 347 g/mol. The summed E-state index contributed by atoms with van der Waals surface area (Å²) >= 11 is 0. The molecule has 5 rings (SSSR count). The van der Waals surface area contributed by atoms with Gasteiger partial charge in [0, 0.05) is 29.9 Å². The van der Waals surface area contributed by atoms with Gasteiger partial charge >= 0.3 is 0 Å². The van der Waals surface area contributed by atoms with Gasteiger partial charge in [0.1, 0.15) is 5.75 Å². The summed E-state index contributed by atoms with van der Waals surface area (Å²) in [4.78, 5) is 10.0. The second-order valence-corrected chi connectivity index (χ2v) is 6.97. The van der Waals surface area contributed by atoms with E-state index in [2.05, 4.69) is 31.5 Å². The number of hydrazone groups is 1. The van der Waals surface area contributed by atoms with E-state index in [0.29, 0.717) is 11.7 Å². The van der Waals surface area contributed by atoms with Crippen molar-refractivity contribution in [3.05, 3.63) is 47.0 Å². The standard InChI is InChI=1S/C20H21N5O/c26-19-14(11-13-5-3-9-25-10-4-6-15(19)18(13)25)12-21-24-20-22-16-7-1-2-8-17(16)23-20/h1-2,7-8,11-12,26H,3-6,9-10H2,(H2,22,23,24). The maximum atomic E-state index is 10.7. The van der Waals surface area contributed by atoms with Crippen LogP contribution in [0.3, 0.4) is 0 Å². The fourth-order valence-corrected chi connectivity index (χ4v) is 4.14. The SMILES string of the molecule is Oc1c(C=NNc2nc3ccccc3[nH]2)cc2c3c1CCCN3CCC2. The summed E-state index contributed by atoms with van der Waals surface area (Å²) < 4.78 is 0. The molecule has 3 aromatic rings. The first-order valence-electron chi connectivity index (χ1n) is 9.16. The molecule has 3 heterocycles. The van der Waals surface area contributed by atoms with Crippen molar-refractivity contribution in [1.29, 1.82) is 0 Å². The van der Waals surface area contributed by atoms with Crippen LogP contribution in [0.15, 0.2) is 35.4 Å². The predicted molar refractivity (Wildman–Crippen MR) is 104 cm³/mol.